The number of quaternary nitrogens is 1. The zero-order valence-corrected chi connectivity index (χ0v) is 15.3. The first-order valence-electron chi connectivity index (χ1n) is 9.27. The molecule has 3 rings (SSSR count). The van der Waals surface area contributed by atoms with Gasteiger partial charge in [-0.2, -0.15) is 0 Å². The smallest absolute Gasteiger partial charge is 0.275 e. The lowest BCUT2D eigenvalue weighted by atomic mass is 10.1. The fraction of sp³-hybridized carbons (Fsp3) is 0.381. The number of para-hydroxylation sites is 1. The average molecular weight is 356 g/mol. The molecule has 1 saturated heterocycles. The lowest BCUT2D eigenvalue weighted by Gasteiger charge is -2.34. The summed E-state index contributed by atoms with van der Waals surface area (Å²) in [4.78, 5) is 15.9. The van der Waals surface area contributed by atoms with E-state index in [4.69, 9.17) is 0 Å². The van der Waals surface area contributed by atoms with Gasteiger partial charge in [0, 0.05) is 12.2 Å². The molecule has 5 heteroatoms. The second-order valence-corrected chi connectivity index (χ2v) is 6.93. The number of amides is 1. The Bertz CT molecular complexity index is 724. The summed E-state index contributed by atoms with van der Waals surface area (Å²) >= 11 is 0. The van der Waals surface area contributed by atoms with Crippen molar-refractivity contribution in [2.24, 2.45) is 0 Å². The minimum atomic E-state index is -0.230. The summed E-state index contributed by atoms with van der Waals surface area (Å²) in [5.41, 5.74) is 3.63. The van der Waals surface area contributed by atoms with Crippen LogP contribution in [-0.2, 0) is 11.2 Å². The van der Waals surface area contributed by atoms with Crippen molar-refractivity contribution in [2.45, 2.75) is 13.3 Å². The minimum absolute atomic E-state index is 0.0893. The van der Waals surface area contributed by atoms with Crippen LogP contribution in [0.4, 0.5) is 10.1 Å². The van der Waals surface area contributed by atoms with E-state index in [1.807, 2.05) is 0 Å². The molecule has 0 atom stereocenters. The van der Waals surface area contributed by atoms with Gasteiger partial charge in [0.25, 0.3) is 5.91 Å². The van der Waals surface area contributed by atoms with Crippen LogP contribution < -0.4 is 15.1 Å². The van der Waals surface area contributed by atoms with Crippen molar-refractivity contribution in [3.05, 3.63) is 65.5 Å². The van der Waals surface area contributed by atoms with E-state index >= 15 is 0 Å². The number of anilines is 1. The van der Waals surface area contributed by atoms with Gasteiger partial charge in [-0.15, -0.1) is 0 Å². The predicted octanol–water partition coefficient (Wildman–Crippen LogP) is 1.20. The molecule has 138 valence electrons. The molecule has 26 heavy (non-hydrogen) atoms. The Labute approximate surface area is 154 Å². The molecule has 0 spiro atoms. The third-order valence-corrected chi connectivity index (χ3v) is 4.99. The number of benzene rings is 2. The molecule has 2 N–H and O–H groups in total. The van der Waals surface area contributed by atoms with E-state index < -0.39 is 0 Å². The van der Waals surface area contributed by atoms with Gasteiger partial charge in [-0.3, -0.25) is 4.79 Å². The number of carbonyl (C=O) groups excluding carboxylic acids is 1. The minimum Gasteiger partial charge on any atom is -0.360 e. The summed E-state index contributed by atoms with van der Waals surface area (Å²) in [5, 5.41) is 2.98. The van der Waals surface area contributed by atoms with Crippen molar-refractivity contribution in [1.29, 1.82) is 0 Å². The molecule has 4 nitrogen and oxygen atoms in total. The SMILES string of the molecule is Cc1ccccc1N1CC[NH+](CC(=O)NCCc2ccc(F)cc2)CC1. The Morgan fingerprint density at radius 1 is 1.12 bits per heavy atom. The molecular formula is C21H27FN3O+. The number of hydrogen-bond donors (Lipinski definition) is 2. The number of piperazine rings is 1. The Kier molecular flexibility index (Phi) is 6.23. The topological polar surface area (TPSA) is 36.8 Å². The van der Waals surface area contributed by atoms with Gasteiger partial charge in [-0.1, -0.05) is 30.3 Å². The third kappa shape index (κ3) is 5.05. The maximum Gasteiger partial charge on any atom is 0.275 e. The molecule has 0 radical (unpaired) electrons. The van der Waals surface area contributed by atoms with Gasteiger partial charge in [0.1, 0.15) is 5.82 Å². The van der Waals surface area contributed by atoms with Crippen molar-refractivity contribution in [3.8, 4) is 0 Å². The Morgan fingerprint density at radius 2 is 1.81 bits per heavy atom. The summed E-state index contributed by atoms with van der Waals surface area (Å²) in [5.74, 6) is -0.141. The lowest BCUT2D eigenvalue weighted by Crippen LogP contribution is -3.16. The van der Waals surface area contributed by atoms with Gasteiger partial charge in [-0.25, -0.2) is 4.39 Å². The standard InChI is InChI=1S/C21H26FN3O/c1-17-4-2-3-5-20(17)25-14-12-24(13-15-25)16-21(26)23-11-10-18-6-8-19(22)9-7-18/h2-9H,10-16H2,1H3,(H,23,26)/p+1. The van der Waals surface area contributed by atoms with Crippen LogP contribution in [0.15, 0.2) is 48.5 Å². The Balaban J connectivity index is 1.38. The summed E-state index contributed by atoms with van der Waals surface area (Å²) in [6, 6.07) is 14.9. The zero-order valence-electron chi connectivity index (χ0n) is 15.3. The van der Waals surface area contributed by atoms with E-state index in [2.05, 4.69) is 41.4 Å². The van der Waals surface area contributed by atoms with Gasteiger partial charge in [0.2, 0.25) is 0 Å². The van der Waals surface area contributed by atoms with Crippen LogP contribution in [0.5, 0.6) is 0 Å². The van der Waals surface area contributed by atoms with Gasteiger partial charge in [-0.05, 0) is 42.7 Å². The van der Waals surface area contributed by atoms with Crippen LogP contribution in [0.1, 0.15) is 11.1 Å². The molecule has 0 bridgehead atoms. The number of aryl methyl sites for hydroxylation is 1. The van der Waals surface area contributed by atoms with E-state index in [-0.39, 0.29) is 11.7 Å². The summed E-state index contributed by atoms with van der Waals surface area (Å²) < 4.78 is 12.9. The van der Waals surface area contributed by atoms with Gasteiger partial charge in [0.15, 0.2) is 6.54 Å². The zero-order chi connectivity index (χ0) is 18.4. The molecule has 1 aliphatic rings. The van der Waals surface area contributed by atoms with Crippen LogP contribution in [0.2, 0.25) is 0 Å². The normalized spacial score (nSPS) is 15.1. The first-order valence-corrected chi connectivity index (χ1v) is 9.27. The highest BCUT2D eigenvalue weighted by atomic mass is 19.1. The molecular weight excluding hydrogens is 329 g/mol. The number of halogens is 1. The molecule has 0 unspecified atom stereocenters. The molecule has 1 amide bonds. The van der Waals surface area contributed by atoms with Crippen molar-refractivity contribution in [3.63, 3.8) is 0 Å². The van der Waals surface area contributed by atoms with E-state index in [9.17, 15) is 9.18 Å². The number of nitrogens with zero attached hydrogens (tertiary/aromatic N) is 1. The first-order chi connectivity index (χ1) is 12.6. The fourth-order valence-electron chi connectivity index (χ4n) is 3.45. The van der Waals surface area contributed by atoms with Crippen LogP contribution in [0.3, 0.4) is 0 Å². The quantitative estimate of drug-likeness (QED) is 0.816. The van der Waals surface area contributed by atoms with Gasteiger partial charge >= 0.3 is 0 Å². The molecule has 0 aliphatic carbocycles. The van der Waals surface area contributed by atoms with E-state index in [0.717, 1.165) is 38.2 Å². The summed E-state index contributed by atoms with van der Waals surface area (Å²) in [7, 11) is 0. The third-order valence-electron chi connectivity index (χ3n) is 4.99. The molecule has 0 saturated carbocycles. The van der Waals surface area contributed by atoms with Crippen LogP contribution in [-0.4, -0.2) is 45.2 Å². The van der Waals surface area contributed by atoms with Gasteiger partial charge < -0.3 is 15.1 Å². The first kappa shape index (κ1) is 18.4. The van der Waals surface area contributed by atoms with Gasteiger partial charge in [0.05, 0.1) is 26.2 Å². The Hall–Kier alpha value is -2.40. The number of rotatable bonds is 6. The van der Waals surface area contributed by atoms with Crippen molar-refractivity contribution >= 4 is 11.6 Å². The number of carbonyl (C=O) groups is 1. The predicted molar refractivity (Wildman–Crippen MR) is 102 cm³/mol. The number of nitrogens with one attached hydrogen (secondary N) is 2. The summed E-state index contributed by atoms with van der Waals surface area (Å²) in [6.45, 7) is 7.15. The van der Waals surface area contributed by atoms with Crippen LogP contribution >= 0.6 is 0 Å². The van der Waals surface area contributed by atoms with Crippen LogP contribution in [0, 0.1) is 12.7 Å². The molecule has 2 aromatic rings. The highest BCUT2D eigenvalue weighted by Gasteiger charge is 2.22. The Morgan fingerprint density at radius 3 is 2.50 bits per heavy atom. The maximum absolute atomic E-state index is 12.9. The molecule has 0 aromatic heterocycles. The molecule has 1 fully saturated rings. The molecule has 1 aliphatic heterocycles. The molecule has 2 aromatic carbocycles. The average Bonchev–Trinajstić information content (AvgIpc) is 2.65. The van der Waals surface area contributed by atoms with E-state index in [1.165, 1.54) is 28.3 Å². The highest BCUT2D eigenvalue weighted by molar-refractivity contribution is 5.76. The van der Waals surface area contributed by atoms with E-state index in [0.29, 0.717) is 13.1 Å². The summed E-state index contributed by atoms with van der Waals surface area (Å²) in [6.07, 6.45) is 0.725. The molecule has 1 heterocycles. The van der Waals surface area contributed by atoms with Crippen molar-refractivity contribution < 1.29 is 14.1 Å². The second kappa shape index (κ2) is 8.81. The van der Waals surface area contributed by atoms with Crippen molar-refractivity contribution in [2.75, 3.05) is 44.2 Å². The second-order valence-electron chi connectivity index (χ2n) is 6.93. The monoisotopic (exact) mass is 356 g/mol. The highest BCUT2D eigenvalue weighted by Crippen LogP contribution is 2.18. The maximum atomic E-state index is 12.9. The van der Waals surface area contributed by atoms with Crippen molar-refractivity contribution in [1.82, 2.24) is 5.32 Å². The largest absolute Gasteiger partial charge is 0.360 e. The van der Waals surface area contributed by atoms with Crippen LogP contribution in [0.25, 0.3) is 0 Å². The fourth-order valence-corrected chi connectivity index (χ4v) is 3.45. The lowest BCUT2D eigenvalue weighted by molar-refractivity contribution is -0.892. The number of hydrogen-bond acceptors (Lipinski definition) is 2. The van der Waals surface area contributed by atoms with E-state index in [1.54, 1.807) is 12.1 Å².